The molecule has 1 amide bonds. The molecule has 3 aromatic rings. The van der Waals surface area contributed by atoms with E-state index >= 15 is 0 Å². The molecule has 6 nitrogen and oxygen atoms in total. The van der Waals surface area contributed by atoms with E-state index in [1.165, 1.54) is 18.3 Å². The SMILES string of the molecule is Cc1cc2cc(CNC(=O)c3ccc(=O)[nH]c3)c(=O)[nH]c2cc1C. The first-order chi connectivity index (χ1) is 11.4. The number of benzene rings is 1. The predicted octanol–water partition coefficient (Wildman–Crippen LogP) is 1.76. The highest BCUT2D eigenvalue weighted by Gasteiger charge is 2.08. The first-order valence-electron chi connectivity index (χ1n) is 7.54. The predicted molar refractivity (Wildman–Crippen MR) is 92.3 cm³/mol. The Morgan fingerprint density at radius 1 is 1.08 bits per heavy atom. The zero-order chi connectivity index (χ0) is 17.3. The van der Waals surface area contributed by atoms with E-state index in [1.54, 1.807) is 6.07 Å². The van der Waals surface area contributed by atoms with Gasteiger partial charge in [0.15, 0.2) is 0 Å². The Morgan fingerprint density at radius 2 is 1.83 bits per heavy atom. The van der Waals surface area contributed by atoms with Crippen LogP contribution in [0.25, 0.3) is 10.9 Å². The van der Waals surface area contributed by atoms with Crippen LogP contribution in [0, 0.1) is 13.8 Å². The fourth-order valence-corrected chi connectivity index (χ4v) is 2.48. The van der Waals surface area contributed by atoms with Crippen LogP contribution in [-0.2, 0) is 6.54 Å². The van der Waals surface area contributed by atoms with Gasteiger partial charge in [-0.2, -0.15) is 0 Å². The van der Waals surface area contributed by atoms with E-state index in [0.717, 1.165) is 22.0 Å². The van der Waals surface area contributed by atoms with Crippen LogP contribution in [0.5, 0.6) is 0 Å². The van der Waals surface area contributed by atoms with Gasteiger partial charge in [-0.15, -0.1) is 0 Å². The molecule has 0 radical (unpaired) electrons. The minimum Gasteiger partial charge on any atom is -0.348 e. The molecule has 0 atom stereocenters. The topological polar surface area (TPSA) is 94.8 Å². The lowest BCUT2D eigenvalue weighted by Crippen LogP contribution is -2.27. The van der Waals surface area contributed by atoms with Gasteiger partial charge in [-0.1, -0.05) is 0 Å². The number of aromatic amines is 2. The molecule has 0 aliphatic carbocycles. The number of hydrogen-bond acceptors (Lipinski definition) is 3. The molecule has 1 aromatic carbocycles. The van der Waals surface area contributed by atoms with E-state index in [2.05, 4.69) is 15.3 Å². The number of pyridine rings is 2. The lowest BCUT2D eigenvalue weighted by Gasteiger charge is -2.08. The molecule has 6 heteroatoms. The maximum absolute atomic E-state index is 12.2. The van der Waals surface area contributed by atoms with Crippen LogP contribution in [0.2, 0.25) is 0 Å². The van der Waals surface area contributed by atoms with Crippen LogP contribution < -0.4 is 16.4 Å². The van der Waals surface area contributed by atoms with Gasteiger partial charge in [0.1, 0.15) is 0 Å². The standard InChI is InChI=1S/C18H17N3O3/c1-10-5-13-7-14(18(24)21-15(13)6-11(10)2)9-20-17(23)12-3-4-16(22)19-8-12/h3-8H,9H2,1-2H3,(H,19,22)(H,20,23)(H,21,24). The molecule has 0 saturated heterocycles. The van der Waals surface area contributed by atoms with E-state index < -0.39 is 0 Å². The molecule has 0 spiro atoms. The van der Waals surface area contributed by atoms with Crippen LogP contribution in [0.1, 0.15) is 27.0 Å². The van der Waals surface area contributed by atoms with E-state index in [-0.39, 0.29) is 23.6 Å². The van der Waals surface area contributed by atoms with Gasteiger partial charge in [-0.25, -0.2) is 0 Å². The number of aromatic nitrogens is 2. The van der Waals surface area contributed by atoms with Crippen LogP contribution in [0.15, 0.2) is 46.1 Å². The number of H-pyrrole nitrogens is 2. The molecule has 0 aliphatic heterocycles. The molecular weight excluding hydrogens is 306 g/mol. The van der Waals surface area contributed by atoms with Crippen LogP contribution in [-0.4, -0.2) is 15.9 Å². The average Bonchev–Trinajstić information content (AvgIpc) is 2.55. The summed E-state index contributed by atoms with van der Waals surface area (Å²) < 4.78 is 0. The minimum absolute atomic E-state index is 0.107. The highest BCUT2D eigenvalue weighted by Crippen LogP contribution is 2.17. The van der Waals surface area contributed by atoms with E-state index in [1.807, 2.05) is 26.0 Å². The van der Waals surface area contributed by atoms with Gasteiger partial charge >= 0.3 is 0 Å². The quantitative estimate of drug-likeness (QED) is 0.685. The number of carbonyl (C=O) groups excluding carboxylic acids is 1. The Balaban J connectivity index is 1.84. The summed E-state index contributed by atoms with van der Waals surface area (Å²) in [6, 6.07) is 8.45. The Bertz CT molecular complexity index is 1030. The van der Waals surface area contributed by atoms with Crippen molar-refractivity contribution < 1.29 is 4.79 Å². The number of fused-ring (bicyclic) bond motifs is 1. The normalized spacial score (nSPS) is 10.8. The van der Waals surface area contributed by atoms with Crippen molar-refractivity contribution in [2.45, 2.75) is 20.4 Å². The van der Waals surface area contributed by atoms with Gasteiger partial charge in [0.25, 0.3) is 11.5 Å². The summed E-state index contributed by atoms with van der Waals surface area (Å²) in [4.78, 5) is 40.5. The van der Waals surface area contributed by atoms with Crippen molar-refractivity contribution in [1.82, 2.24) is 15.3 Å². The number of hydrogen-bond donors (Lipinski definition) is 3. The highest BCUT2D eigenvalue weighted by molar-refractivity contribution is 5.93. The molecule has 3 rings (SSSR count). The van der Waals surface area contributed by atoms with Crippen molar-refractivity contribution in [3.05, 3.63) is 79.5 Å². The number of nitrogens with one attached hydrogen (secondary N) is 3. The maximum atomic E-state index is 12.2. The smallest absolute Gasteiger partial charge is 0.253 e. The van der Waals surface area contributed by atoms with Crippen LogP contribution >= 0.6 is 0 Å². The van der Waals surface area contributed by atoms with E-state index in [0.29, 0.717) is 11.1 Å². The Morgan fingerprint density at radius 3 is 2.54 bits per heavy atom. The van der Waals surface area contributed by atoms with Crippen molar-refractivity contribution in [3.8, 4) is 0 Å². The zero-order valence-electron chi connectivity index (χ0n) is 13.4. The first kappa shape index (κ1) is 15.7. The fourth-order valence-electron chi connectivity index (χ4n) is 2.48. The third-order valence-electron chi connectivity index (χ3n) is 4.02. The van der Waals surface area contributed by atoms with Crippen molar-refractivity contribution >= 4 is 16.8 Å². The first-order valence-corrected chi connectivity index (χ1v) is 7.54. The van der Waals surface area contributed by atoms with Crippen molar-refractivity contribution in [2.75, 3.05) is 0 Å². The summed E-state index contributed by atoms with van der Waals surface area (Å²) in [6.45, 7) is 4.11. The number of amides is 1. The fraction of sp³-hybridized carbons (Fsp3) is 0.167. The number of carbonyl (C=O) groups is 1. The monoisotopic (exact) mass is 323 g/mol. The number of aryl methyl sites for hydroxylation is 2. The van der Waals surface area contributed by atoms with E-state index in [9.17, 15) is 14.4 Å². The third kappa shape index (κ3) is 3.12. The summed E-state index contributed by atoms with van der Waals surface area (Å²) in [5, 5.41) is 3.61. The summed E-state index contributed by atoms with van der Waals surface area (Å²) in [6.07, 6.45) is 1.34. The molecule has 0 bridgehead atoms. The molecule has 122 valence electrons. The number of rotatable bonds is 3. The molecule has 0 saturated carbocycles. The van der Waals surface area contributed by atoms with Gasteiger partial charge in [0.2, 0.25) is 5.56 Å². The lowest BCUT2D eigenvalue weighted by atomic mass is 10.0. The van der Waals surface area contributed by atoms with Crippen molar-refractivity contribution in [3.63, 3.8) is 0 Å². The third-order valence-corrected chi connectivity index (χ3v) is 4.02. The largest absolute Gasteiger partial charge is 0.348 e. The van der Waals surface area contributed by atoms with Crippen LogP contribution in [0.4, 0.5) is 0 Å². The molecule has 2 aromatic heterocycles. The van der Waals surface area contributed by atoms with Crippen molar-refractivity contribution in [2.24, 2.45) is 0 Å². The second-order valence-electron chi connectivity index (χ2n) is 5.77. The average molecular weight is 323 g/mol. The molecule has 0 aliphatic rings. The Labute approximate surface area is 137 Å². The second-order valence-corrected chi connectivity index (χ2v) is 5.77. The van der Waals surface area contributed by atoms with Gasteiger partial charge in [0, 0.05) is 29.9 Å². The molecule has 0 fully saturated rings. The minimum atomic E-state index is -0.356. The van der Waals surface area contributed by atoms with Gasteiger partial charge < -0.3 is 15.3 Å². The molecule has 0 unspecified atom stereocenters. The summed E-state index contributed by atoms with van der Waals surface area (Å²) in [5.74, 6) is -0.356. The molecular formula is C18H17N3O3. The summed E-state index contributed by atoms with van der Waals surface area (Å²) in [7, 11) is 0. The molecule has 2 heterocycles. The lowest BCUT2D eigenvalue weighted by molar-refractivity contribution is 0.0950. The Hall–Kier alpha value is -3.15. The summed E-state index contributed by atoms with van der Waals surface area (Å²) in [5.41, 5.74) is 3.33. The molecule has 3 N–H and O–H groups in total. The van der Waals surface area contributed by atoms with Crippen molar-refractivity contribution in [1.29, 1.82) is 0 Å². The van der Waals surface area contributed by atoms with Crippen LogP contribution in [0.3, 0.4) is 0 Å². The van der Waals surface area contributed by atoms with Gasteiger partial charge in [-0.05, 0) is 54.6 Å². The van der Waals surface area contributed by atoms with Gasteiger partial charge in [0.05, 0.1) is 5.56 Å². The Kier molecular flexibility index (Phi) is 4.04. The van der Waals surface area contributed by atoms with E-state index in [4.69, 9.17) is 0 Å². The summed E-state index contributed by atoms with van der Waals surface area (Å²) >= 11 is 0. The van der Waals surface area contributed by atoms with Gasteiger partial charge in [-0.3, -0.25) is 14.4 Å². The zero-order valence-corrected chi connectivity index (χ0v) is 13.4. The maximum Gasteiger partial charge on any atom is 0.253 e. The highest BCUT2D eigenvalue weighted by atomic mass is 16.2. The molecule has 24 heavy (non-hydrogen) atoms. The second kappa shape index (κ2) is 6.16.